The third-order valence-electron chi connectivity index (χ3n) is 0.861. The van der Waals surface area contributed by atoms with Crippen LogP contribution >= 0.6 is 32.9 Å². The number of methoxy groups -OCH3 is 1. The van der Waals surface area contributed by atoms with Gasteiger partial charge in [-0.3, -0.25) is 0 Å². The SMILES string of the molecule is Br.COC[C@@H](N)CCBr. The average Bonchev–Trinajstić information content (AvgIpc) is 1.68. The first-order valence-corrected chi connectivity index (χ1v) is 3.74. The Balaban J connectivity index is 0. The van der Waals surface area contributed by atoms with E-state index < -0.39 is 0 Å². The third-order valence-corrected chi connectivity index (χ3v) is 1.32. The van der Waals surface area contributed by atoms with E-state index in [-0.39, 0.29) is 23.0 Å². The van der Waals surface area contributed by atoms with Gasteiger partial charge in [0.15, 0.2) is 0 Å². The van der Waals surface area contributed by atoms with E-state index in [1.807, 2.05) is 0 Å². The number of hydrogen-bond acceptors (Lipinski definition) is 2. The zero-order valence-corrected chi connectivity index (χ0v) is 8.77. The predicted molar refractivity (Wildman–Crippen MR) is 48.6 cm³/mol. The second-order valence-corrected chi connectivity index (χ2v) is 2.49. The number of rotatable bonds is 4. The molecule has 0 aromatic carbocycles. The Kier molecular flexibility index (Phi) is 12.4. The third kappa shape index (κ3) is 8.88. The monoisotopic (exact) mass is 261 g/mol. The van der Waals surface area contributed by atoms with E-state index in [2.05, 4.69) is 15.9 Å². The lowest BCUT2D eigenvalue weighted by atomic mass is 10.3. The largest absolute Gasteiger partial charge is 0.383 e. The lowest BCUT2D eigenvalue weighted by Gasteiger charge is -2.05. The van der Waals surface area contributed by atoms with Crippen LogP contribution in [-0.4, -0.2) is 25.1 Å². The maximum atomic E-state index is 5.54. The van der Waals surface area contributed by atoms with Gasteiger partial charge >= 0.3 is 0 Å². The summed E-state index contributed by atoms with van der Waals surface area (Å²) in [5, 5.41) is 0.956. The van der Waals surface area contributed by atoms with Crippen molar-refractivity contribution in [2.24, 2.45) is 5.73 Å². The van der Waals surface area contributed by atoms with Gasteiger partial charge in [0.2, 0.25) is 0 Å². The first-order chi connectivity index (χ1) is 3.81. The predicted octanol–water partition coefficient (Wildman–Crippen LogP) is 1.32. The van der Waals surface area contributed by atoms with Crippen molar-refractivity contribution in [3.8, 4) is 0 Å². The minimum absolute atomic E-state index is 0. The molecule has 2 nitrogen and oxygen atoms in total. The molecule has 9 heavy (non-hydrogen) atoms. The minimum atomic E-state index is 0. The molecule has 0 aliphatic carbocycles. The maximum Gasteiger partial charge on any atom is 0.0614 e. The van der Waals surface area contributed by atoms with Crippen molar-refractivity contribution in [1.82, 2.24) is 0 Å². The van der Waals surface area contributed by atoms with Crippen molar-refractivity contribution >= 4 is 32.9 Å². The number of alkyl halides is 1. The highest BCUT2D eigenvalue weighted by Gasteiger charge is 1.97. The van der Waals surface area contributed by atoms with Crippen LogP contribution in [0.1, 0.15) is 6.42 Å². The van der Waals surface area contributed by atoms with Gasteiger partial charge in [0.25, 0.3) is 0 Å². The molecular weight excluding hydrogens is 250 g/mol. The Morgan fingerprint density at radius 2 is 2.22 bits per heavy atom. The molecule has 0 aromatic rings. The summed E-state index contributed by atoms with van der Waals surface area (Å²) >= 11 is 3.28. The van der Waals surface area contributed by atoms with Crippen LogP contribution in [0.3, 0.4) is 0 Å². The molecule has 58 valence electrons. The quantitative estimate of drug-likeness (QED) is 0.776. The molecule has 0 saturated heterocycles. The van der Waals surface area contributed by atoms with E-state index >= 15 is 0 Å². The molecule has 0 amide bonds. The Hall–Kier alpha value is 0.880. The lowest BCUT2D eigenvalue weighted by Crippen LogP contribution is -2.25. The second-order valence-electron chi connectivity index (χ2n) is 1.69. The Bertz CT molecular complexity index is 48.2. The lowest BCUT2D eigenvalue weighted by molar-refractivity contribution is 0.179. The molecule has 0 radical (unpaired) electrons. The van der Waals surface area contributed by atoms with Crippen LogP contribution < -0.4 is 5.73 Å². The fourth-order valence-electron chi connectivity index (χ4n) is 0.438. The number of nitrogens with two attached hydrogens (primary N) is 1. The van der Waals surface area contributed by atoms with Crippen LogP contribution in [0.15, 0.2) is 0 Å². The molecule has 0 unspecified atom stereocenters. The normalized spacial score (nSPS) is 12.3. The molecule has 0 aliphatic heterocycles. The van der Waals surface area contributed by atoms with Gasteiger partial charge in [0.1, 0.15) is 0 Å². The Morgan fingerprint density at radius 1 is 1.67 bits per heavy atom. The Morgan fingerprint density at radius 3 is 2.56 bits per heavy atom. The molecule has 0 saturated carbocycles. The van der Waals surface area contributed by atoms with Gasteiger partial charge in [-0.1, -0.05) is 15.9 Å². The Labute approximate surface area is 75.0 Å². The van der Waals surface area contributed by atoms with E-state index in [1.165, 1.54) is 0 Å². The second kappa shape index (κ2) is 8.88. The van der Waals surface area contributed by atoms with E-state index in [4.69, 9.17) is 10.5 Å². The highest BCUT2D eigenvalue weighted by atomic mass is 79.9. The minimum Gasteiger partial charge on any atom is -0.383 e. The highest BCUT2D eigenvalue weighted by molar-refractivity contribution is 9.09. The van der Waals surface area contributed by atoms with Crippen molar-refractivity contribution in [2.75, 3.05) is 19.0 Å². The molecule has 0 bridgehead atoms. The van der Waals surface area contributed by atoms with Crippen molar-refractivity contribution < 1.29 is 4.74 Å². The van der Waals surface area contributed by atoms with Gasteiger partial charge in [-0.2, -0.15) is 0 Å². The van der Waals surface area contributed by atoms with Gasteiger partial charge in [-0.25, -0.2) is 0 Å². The summed E-state index contributed by atoms with van der Waals surface area (Å²) in [5.41, 5.74) is 5.54. The number of halogens is 2. The van der Waals surface area contributed by atoms with Crippen LogP contribution in [-0.2, 0) is 4.74 Å². The van der Waals surface area contributed by atoms with Gasteiger partial charge in [-0.05, 0) is 6.42 Å². The smallest absolute Gasteiger partial charge is 0.0614 e. The average molecular weight is 263 g/mol. The summed E-state index contributed by atoms with van der Waals surface area (Å²) in [6.45, 7) is 0.658. The van der Waals surface area contributed by atoms with Gasteiger partial charge < -0.3 is 10.5 Å². The standard InChI is InChI=1S/C5H12BrNO.BrH/c1-8-4-5(7)2-3-6;/h5H,2-4,7H2,1H3;1H/t5-;/m0./s1. The highest BCUT2D eigenvalue weighted by Crippen LogP contribution is 1.92. The van der Waals surface area contributed by atoms with Gasteiger partial charge in [0.05, 0.1) is 6.61 Å². The van der Waals surface area contributed by atoms with Crippen LogP contribution in [0.4, 0.5) is 0 Å². The van der Waals surface area contributed by atoms with E-state index in [1.54, 1.807) is 7.11 Å². The van der Waals surface area contributed by atoms with Crippen molar-refractivity contribution in [3.05, 3.63) is 0 Å². The summed E-state index contributed by atoms with van der Waals surface area (Å²) in [4.78, 5) is 0. The number of hydrogen-bond donors (Lipinski definition) is 1. The van der Waals surface area contributed by atoms with Crippen molar-refractivity contribution in [1.29, 1.82) is 0 Å². The maximum absolute atomic E-state index is 5.54. The fraction of sp³-hybridized carbons (Fsp3) is 1.00. The topological polar surface area (TPSA) is 35.2 Å². The number of ether oxygens (including phenoxy) is 1. The van der Waals surface area contributed by atoms with Gasteiger partial charge in [-0.15, -0.1) is 17.0 Å². The molecule has 0 spiro atoms. The molecule has 0 fully saturated rings. The van der Waals surface area contributed by atoms with E-state index in [9.17, 15) is 0 Å². The molecule has 1 atom stereocenters. The molecule has 0 rings (SSSR count). The van der Waals surface area contributed by atoms with Crippen molar-refractivity contribution in [2.45, 2.75) is 12.5 Å². The molecule has 4 heteroatoms. The molecule has 0 heterocycles. The van der Waals surface area contributed by atoms with Crippen molar-refractivity contribution in [3.63, 3.8) is 0 Å². The summed E-state index contributed by atoms with van der Waals surface area (Å²) < 4.78 is 4.81. The molecule has 0 aromatic heterocycles. The van der Waals surface area contributed by atoms with E-state index in [0.717, 1.165) is 11.8 Å². The molecular formula is C5H13Br2NO. The first kappa shape index (κ1) is 12.5. The van der Waals surface area contributed by atoms with Crippen LogP contribution in [0.2, 0.25) is 0 Å². The van der Waals surface area contributed by atoms with Gasteiger partial charge in [0, 0.05) is 18.5 Å². The zero-order valence-electron chi connectivity index (χ0n) is 5.47. The molecule has 0 aliphatic rings. The van der Waals surface area contributed by atoms with E-state index in [0.29, 0.717) is 6.61 Å². The first-order valence-electron chi connectivity index (χ1n) is 2.61. The zero-order chi connectivity index (χ0) is 6.41. The summed E-state index contributed by atoms with van der Waals surface area (Å²) in [6.07, 6.45) is 0.980. The summed E-state index contributed by atoms with van der Waals surface area (Å²) in [7, 11) is 1.66. The molecule has 2 N–H and O–H groups in total. The fourth-order valence-corrected chi connectivity index (χ4v) is 1.03. The van der Waals surface area contributed by atoms with Crippen LogP contribution in [0.25, 0.3) is 0 Å². The summed E-state index contributed by atoms with van der Waals surface area (Å²) in [5.74, 6) is 0. The van der Waals surface area contributed by atoms with Crippen LogP contribution in [0.5, 0.6) is 0 Å². The summed E-state index contributed by atoms with van der Waals surface area (Å²) in [6, 6.07) is 0.194. The van der Waals surface area contributed by atoms with Crippen LogP contribution in [0, 0.1) is 0 Å².